The maximum absolute atomic E-state index is 14.1. The minimum absolute atomic E-state index is 0.0949. The highest BCUT2D eigenvalue weighted by Crippen LogP contribution is 2.42. The highest BCUT2D eigenvalue weighted by atomic mass is 19.3. The Kier molecular flexibility index (Phi) is 5.06. The zero-order chi connectivity index (χ0) is 16.3. The molecule has 0 spiro atoms. The van der Waals surface area contributed by atoms with Gasteiger partial charge in [0.2, 0.25) is 6.23 Å². The van der Waals surface area contributed by atoms with Crippen molar-refractivity contribution in [2.45, 2.75) is 24.4 Å². The van der Waals surface area contributed by atoms with Crippen molar-refractivity contribution in [2.75, 3.05) is 32.7 Å². The molecule has 1 aliphatic rings. The Morgan fingerprint density at radius 2 is 2.27 bits per heavy atom. The largest absolute Gasteiger partial charge is 0.384 e. The standard InChI is InChI=1S/C12H17F2N3O5/c1-20-4-5-21-6-7-9(18)12(13,14)10(22-7)17-3-2-8(15)16-11(17)19/h2-3,7,9-10,18H,4-6H2,1H3,(H2,15,16,19)/t7?,9-,10-/m1/s1. The average molecular weight is 321 g/mol. The molecule has 0 saturated carbocycles. The van der Waals surface area contributed by atoms with Crippen molar-refractivity contribution in [1.29, 1.82) is 0 Å². The molecule has 0 aromatic carbocycles. The van der Waals surface area contributed by atoms with Gasteiger partial charge in [0, 0.05) is 13.3 Å². The second kappa shape index (κ2) is 6.65. The lowest BCUT2D eigenvalue weighted by Crippen LogP contribution is -2.42. The first-order valence-electron chi connectivity index (χ1n) is 6.50. The summed E-state index contributed by atoms with van der Waals surface area (Å²) in [7, 11) is 1.47. The molecule has 0 amide bonds. The molecule has 3 atom stereocenters. The maximum Gasteiger partial charge on any atom is 0.351 e. The number of hydrogen-bond acceptors (Lipinski definition) is 7. The van der Waals surface area contributed by atoms with Crippen LogP contribution in [0.5, 0.6) is 0 Å². The van der Waals surface area contributed by atoms with Gasteiger partial charge in [0.05, 0.1) is 19.8 Å². The van der Waals surface area contributed by atoms with Crippen LogP contribution in [-0.4, -0.2) is 59.7 Å². The first-order chi connectivity index (χ1) is 10.4. The summed E-state index contributed by atoms with van der Waals surface area (Å²) in [6.45, 7) is 0.195. The third-order valence-corrected chi connectivity index (χ3v) is 3.20. The Balaban J connectivity index is 2.13. The van der Waals surface area contributed by atoms with E-state index >= 15 is 0 Å². The minimum Gasteiger partial charge on any atom is -0.384 e. The van der Waals surface area contributed by atoms with E-state index in [1.165, 1.54) is 13.2 Å². The van der Waals surface area contributed by atoms with Gasteiger partial charge >= 0.3 is 11.6 Å². The van der Waals surface area contributed by atoms with Crippen LogP contribution in [0.4, 0.5) is 14.6 Å². The van der Waals surface area contributed by atoms with E-state index in [2.05, 4.69) is 4.98 Å². The number of nitrogens with zero attached hydrogens (tertiary/aromatic N) is 2. The van der Waals surface area contributed by atoms with Gasteiger partial charge in [-0.3, -0.25) is 4.57 Å². The van der Waals surface area contributed by atoms with Crippen LogP contribution >= 0.6 is 0 Å². The lowest BCUT2D eigenvalue weighted by Gasteiger charge is -2.20. The Hall–Kier alpha value is -1.62. The van der Waals surface area contributed by atoms with E-state index in [4.69, 9.17) is 19.9 Å². The number of alkyl halides is 2. The summed E-state index contributed by atoms with van der Waals surface area (Å²) in [6.07, 6.45) is -4.31. The van der Waals surface area contributed by atoms with Crippen molar-refractivity contribution in [3.05, 3.63) is 22.7 Å². The number of halogens is 2. The number of ether oxygens (including phenoxy) is 3. The fourth-order valence-corrected chi connectivity index (χ4v) is 2.05. The first kappa shape index (κ1) is 16.7. The summed E-state index contributed by atoms with van der Waals surface area (Å²) < 4.78 is 43.8. The predicted octanol–water partition coefficient (Wildman–Crippen LogP) is -0.618. The minimum atomic E-state index is -3.67. The third kappa shape index (κ3) is 3.24. The molecule has 2 rings (SSSR count). The monoisotopic (exact) mass is 321 g/mol. The van der Waals surface area contributed by atoms with E-state index in [0.717, 1.165) is 6.20 Å². The smallest absolute Gasteiger partial charge is 0.351 e. The van der Waals surface area contributed by atoms with Gasteiger partial charge in [-0.2, -0.15) is 13.8 Å². The van der Waals surface area contributed by atoms with Crippen LogP contribution in [-0.2, 0) is 14.2 Å². The number of anilines is 1. The second-order valence-electron chi connectivity index (χ2n) is 4.76. The van der Waals surface area contributed by atoms with Crippen LogP contribution in [0.3, 0.4) is 0 Å². The number of methoxy groups -OCH3 is 1. The molecule has 8 nitrogen and oxygen atoms in total. The number of rotatable bonds is 6. The van der Waals surface area contributed by atoms with Crippen molar-refractivity contribution in [2.24, 2.45) is 0 Å². The SMILES string of the molecule is COCCOCC1O[C@@H](n2ccc(N)nc2=O)C(F)(F)[C@@H]1O. The van der Waals surface area contributed by atoms with E-state index in [1.54, 1.807) is 0 Å². The summed E-state index contributed by atoms with van der Waals surface area (Å²) in [4.78, 5) is 15.0. The summed E-state index contributed by atoms with van der Waals surface area (Å²) in [5.74, 6) is -3.76. The molecule has 22 heavy (non-hydrogen) atoms. The number of aliphatic hydroxyl groups excluding tert-OH is 1. The summed E-state index contributed by atoms with van der Waals surface area (Å²) >= 11 is 0. The Morgan fingerprint density at radius 3 is 2.91 bits per heavy atom. The van der Waals surface area contributed by atoms with Crippen molar-refractivity contribution >= 4 is 5.82 Å². The number of nitrogen functional groups attached to an aromatic ring is 1. The van der Waals surface area contributed by atoms with E-state index < -0.39 is 30.0 Å². The molecule has 3 N–H and O–H groups in total. The van der Waals surface area contributed by atoms with Crippen LogP contribution in [0, 0.1) is 0 Å². The van der Waals surface area contributed by atoms with E-state index in [-0.39, 0.29) is 25.6 Å². The summed E-state index contributed by atoms with van der Waals surface area (Å²) in [5, 5.41) is 9.70. The van der Waals surface area contributed by atoms with Crippen molar-refractivity contribution in [3.63, 3.8) is 0 Å². The molecule has 1 saturated heterocycles. The van der Waals surface area contributed by atoms with Gasteiger partial charge in [0.1, 0.15) is 11.9 Å². The Morgan fingerprint density at radius 1 is 1.55 bits per heavy atom. The summed E-state index contributed by atoms with van der Waals surface area (Å²) in [6, 6.07) is 1.19. The highest BCUT2D eigenvalue weighted by Gasteiger charge is 2.59. The van der Waals surface area contributed by atoms with Gasteiger partial charge in [0.15, 0.2) is 6.10 Å². The molecule has 1 aliphatic heterocycles. The second-order valence-corrected chi connectivity index (χ2v) is 4.76. The lowest BCUT2D eigenvalue weighted by atomic mass is 10.1. The third-order valence-electron chi connectivity index (χ3n) is 3.20. The van der Waals surface area contributed by atoms with Crippen LogP contribution in [0.25, 0.3) is 0 Å². The molecular formula is C12H17F2N3O5. The molecule has 1 unspecified atom stereocenters. The molecule has 124 valence electrons. The zero-order valence-electron chi connectivity index (χ0n) is 11.8. The van der Waals surface area contributed by atoms with E-state index in [9.17, 15) is 18.7 Å². The van der Waals surface area contributed by atoms with Gasteiger partial charge < -0.3 is 25.1 Å². The van der Waals surface area contributed by atoms with E-state index in [1.807, 2.05) is 0 Å². The lowest BCUT2D eigenvalue weighted by molar-refractivity contribution is -0.141. The first-order valence-corrected chi connectivity index (χ1v) is 6.50. The fourth-order valence-electron chi connectivity index (χ4n) is 2.05. The predicted molar refractivity (Wildman–Crippen MR) is 70.5 cm³/mol. The maximum atomic E-state index is 14.1. The van der Waals surface area contributed by atoms with Crippen LogP contribution in [0.15, 0.2) is 17.1 Å². The normalized spacial score (nSPS) is 27.2. The number of aromatic nitrogens is 2. The highest BCUT2D eigenvalue weighted by molar-refractivity contribution is 5.23. The molecule has 10 heteroatoms. The average Bonchev–Trinajstić information content (AvgIpc) is 2.67. The molecule has 0 radical (unpaired) electrons. The van der Waals surface area contributed by atoms with Gasteiger partial charge in [0.25, 0.3) is 0 Å². The Bertz CT molecular complexity index is 568. The van der Waals surface area contributed by atoms with Crippen LogP contribution in [0.1, 0.15) is 6.23 Å². The molecule has 2 heterocycles. The number of hydrogen-bond donors (Lipinski definition) is 2. The number of nitrogens with two attached hydrogens (primary N) is 1. The quantitative estimate of drug-likeness (QED) is 0.672. The molecule has 1 aromatic heterocycles. The Labute approximate surface area is 124 Å². The van der Waals surface area contributed by atoms with Crippen molar-refractivity contribution < 1.29 is 28.1 Å². The molecule has 1 fully saturated rings. The van der Waals surface area contributed by atoms with Crippen LogP contribution in [0.2, 0.25) is 0 Å². The molecule has 0 aliphatic carbocycles. The summed E-state index contributed by atoms with van der Waals surface area (Å²) in [5.41, 5.74) is 4.32. The van der Waals surface area contributed by atoms with Crippen molar-refractivity contribution in [3.8, 4) is 0 Å². The van der Waals surface area contributed by atoms with Gasteiger partial charge in [-0.15, -0.1) is 0 Å². The van der Waals surface area contributed by atoms with Gasteiger partial charge in [-0.05, 0) is 6.07 Å². The molecule has 1 aromatic rings. The van der Waals surface area contributed by atoms with E-state index in [0.29, 0.717) is 4.57 Å². The van der Waals surface area contributed by atoms with Crippen LogP contribution < -0.4 is 11.4 Å². The number of aliphatic hydroxyl groups is 1. The van der Waals surface area contributed by atoms with Gasteiger partial charge in [-0.25, -0.2) is 4.79 Å². The molecule has 0 bridgehead atoms. The molecular weight excluding hydrogens is 304 g/mol. The zero-order valence-corrected chi connectivity index (χ0v) is 11.8. The van der Waals surface area contributed by atoms with Crippen molar-refractivity contribution in [1.82, 2.24) is 9.55 Å². The van der Waals surface area contributed by atoms with Gasteiger partial charge in [-0.1, -0.05) is 0 Å². The fraction of sp³-hybridized carbons (Fsp3) is 0.667. The topological polar surface area (TPSA) is 109 Å².